The summed E-state index contributed by atoms with van der Waals surface area (Å²) in [6.45, 7) is 8.06. The third-order valence-electron chi connectivity index (χ3n) is 3.64. The molecular formula is C16H26N2O2S. The maximum Gasteiger partial charge on any atom is 0.224 e. The fraction of sp³-hybridized carbons (Fsp3) is 0.562. The molecule has 21 heavy (non-hydrogen) atoms. The van der Waals surface area contributed by atoms with Crippen LogP contribution in [0.1, 0.15) is 39.2 Å². The molecule has 0 saturated heterocycles. The minimum atomic E-state index is -0.866. The molecule has 0 saturated carbocycles. The minimum Gasteiger partial charge on any atom is -0.399 e. The highest BCUT2D eigenvalue weighted by Crippen LogP contribution is 2.18. The molecule has 0 fully saturated rings. The van der Waals surface area contributed by atoms with E-state index < -0.39 is 10.8 Å². The fourth-order valence-electron chi connectivity index (χ4n) is 1.85. The van der Waals surface area contributed by atoms with Gasteiger partial charge in [-0.3, -0.25) is 9.00 Å². The van der Waals surface area contributed by atoms with Crippen LogP contribution < -0.4 is 11.1 Å². The van der Waals surface area contributed by atoms with Gasteiger partial charge in [-0.2, -0.15) is 0 Å². The number of carbonyl (C=O) groups is 1. The number of nitrogens with one attached hydrogen (secondary N) is 1. The summed E-state index contributed by atoms with van der Waals surface area (Å²) >= 11 is 0. The number of hydrogen-bond acceptors (Lipinski definition) is 3. The summed E-state index contributed by atoms with van der Waals surface area (Å²) in [4.78, 5) is 11.9. The molecule has 0 aliphatic heterocycles. The molecule has 3 N–H and O–H groups in total. The second-order valence-electron chi connectivity index (χ2n) is 5.76. The number of nitrogen functional groups attached to an aromatic ring is 1. The summed E-state index contributed by atoms with van der Waals surface area (Å²) in [7, 11) is -0.866. The second-order valence-corrected chi connectivity index (χ2v) is 7.67. The van der Waals surface area contributed by atoms with Crippen molar-refractivity contribution in [1.29, 1.82) is 0 Å². The summed E-state index contributed by atoms with van der Waals surface area (Å²) in [6.07, 6.45) is 1.02. The molecule has 1 rings (SSSR count). The van der Waals surface area contributed by atoms with Crippen molar-refractivity contribution in [3.05, 3.63) is 23.8 Å². The summed E-state index contributed by atoms with van der Waals surface area (Å²) < 4.78 is 12.0. The quantitative estimate of drug-likeness (QED) is 0.760. The van der Waals surface area contributed by atoms with E-state index in [1.807, 2.05) is 19.9 Å². The van der Waals surface area contributed by atoms with Gasteiger partial charge in [0, 0.05) is 39.6 Å². The van der Waals surface area contributed by atoms with E-state index in [4.69, 9.17) is 5.73 Å². The van der Waals surface area contributed by atoms with Gasteiger partial charge in [0.25, 0.3) is 0 Å². The Labute approximate surface area is 130 Å². The van der Waals surface area contributed by atoms with Crippen LogP contribution in [0.15, 0.2) is 18.2 Å². The molecular weight excluding hydrogens is 284 g/mol. The summed E-state index contributed by atoms with van der Waals surface area (Å²) in [5.74, 6) is 0.912. The van der Waals surface area contributed by atoms with E-state index in [1.165, 1.54) is 0 Å². The number of benzene rings is 1. The van der Waals surface area contributed by atoms with Gasteiger partial charge in [-0.25, -0.2) is 0 Å². The first-order chi connectivity index (χ1) is 9.81. The van der Waals surface area contributed by atoms with Gasteiger partial charge in [0.1, 0.15) is 0 Å². The van der Waals surface area contributed by atoms with Crippen molar-refractivity contribution in [2.45, 2.75) is 45.8 Å². The Morgan fingerprint density at radius 1 is 1.33 bits per heavy atom. The Morgan fingerprint density at radius 3 is 2.62 bits per heavy atom. The van der Waals surface area contributed by atoms with Crippen molar-refractivity contribution in [2.75, 3.05) is 16.8 Å². The zero-order valence-corrected chi connectivity index (χ0v) is 14.1. The van der Waals surface area contributed by atoms with E-state index in [0.29, 0.717) is 30.2 Å². The molecule has 118 valence electrons. The third-order valence-corrected chi connectivity index (χ3v) is 5.70. The molecule has 0 bridgehead atoms. The standard InChI is InChI=1S/C16H26N2O2S/c1-11(2)13(4)21(20)9-5-6-16(19)18-15-10-14(17)8-7-12(15)3/h7-8,10-11,13H,5-6,9,17H2,1-4H3,(H,18,19). The Balaban J connectivity index is 2.41. The lowest BCUT2D eigenvalue weighted by atomic mass is 10.1. The molecule has 0 radical (unpaired) electrons. The van der Waals surface area contributed by atoms with Crippen molar-refractivity contribution >= 4 is 28.1 Å². The first-order valence-electron chi connectivity index (χ1n) is 7.34. The Morgan fingerprint density at radius 2 is 2.00 bits per heavy atom. The van der Waals surface area contributed by atoms with Crippen LogP contribution in [0, 0.1) is 12.8 Å². The lowest BCUT2D eigenvalue weighted by Crippen LogP contribution is -2.21. The van der Waals surface area contributed by atoms with Gasteiger partial charge in [0.15, 0.2) is 0 Å². The second kappa shape index (κ2) is 8.17. The van der Waals surface area contributed by atoms with Crippen LogP contribution in [0.5, 0.6) is 0 Å². The average Bonchev–Trinajstić information content (AvgIpc) is 2.41. The summed E-state index contributed by atoms with van der Waals surface area (Å²) in [6, 6.07) is 5.44. The Kier molecular flexibility index (Phi) is 6.89. The number of aryl methyl sites for hydroxylation is 1. The van der Waals surface area contributed by atoms with Crippen LogP contribution in [-0.2, 0) is 15.6 Å². The number of nitrogens with two attached hydrogens (primary N) is 1. The zero-order chi connectivity index (χ0) is 16.0. The van der Waals surface area contributed by atoms with Gasteiger partial charge in [0.05, 0.1) is 0 Å². The number of anilines is 2. The van der Waals surface area contributed by atoms with Gasteiger partial charge in [-0.05, 0) is 37.0 Å². The van der Waals surface area contributed by atoms with E-state index in [1.54, 1.807) is 12.1 Å². The maximum absolute atomic E-state index is 12.0. The van der Waals surface area contributed by atoms with Crippen LogP contribution >= 0.6 is 0 Å². The van der Waals surface area contributed by atoms with E-state index in [-0.39, 0.29) is 11.2 Å². The zero-order valence-electron chi connectivity index (χ0n) is 13.3. The van der Waals surface area contributed by atoms with Gasteiger partial charge in [-0.15, -0.1) is 0 Å². The molecule has 2 atom stereocenters. The van der Waals surface area contributed by atoms with Gasteiger partial charge < -0.3 is 11.1 Å². The lowest BCUT2D eigenvalue weighted by molar-refractivity contribution is -0.116. The first-order valence-corrected chi connectivity index (χ1v) is 8.72. The topological polar surface area (TPSA) is 72.2 Å². The number of hydrogen-bond donors (Lipinski definition) is 2. The molecule has 2 unspecified atom stereocenters. The van der Waals surface area contributed by atoms with Crippen molar-refractivity contribution in [1.82, 2.24) is 0 Å². The summed E-state index contributed by atoms with van der Waals surface area (Å²) in [5, 5.41) is 3.03. The van der Waals surface area contributed by atoms with Crippen LogP contribution in [-0.4, -0.2) is 21.1 Å². The average molecular weight is 310 g/mol. The van der Waals surface area contributed by atoms with E-state index >= 15 is 0 Å². The Hall–Kier alpha value is -1.36. The highest BCUT2D eigenvalue weighted by molar-refractivity contribution is 7.85. The van der Waals surface area contributed by atoms with Crippen LogP contribution in [0.25, 0.3) is 0 Å². The predicted molar refractivity (Wildman–Crippen MR) is 90.8 cm³/mol. The SMILES string of the molecule is Cc1ccc(N)cc1NC(=O)CCCS(=O)C(C)C(C)C. The normalized spacial score (nSPS) is 14.0. The van der Waals surface area contributed by atoms with Crippen LogP contribution in [0.2, 0.25) is 0 Å². The molecule has 4 nitrogen and oxygen atoms in total. The van der Waals surface area contributed by atoms with Crippen molar-refractivity contribution < 1.29 is 9.00 Å². The van der Waals surface area contributed by atoms with Crippen molar-refractivity contribution in [3.8, 4) is 0 Å². The van der Waals surface area contributed by atoms with E-state index in [9.17, 15) is 9.00 Å². The molecule has 0 heterocycles. The van der Waals surface area contributed by atoms with Gasteiger partial charge >= 0.3 is 0 Å². The van der Waals surface area contributed by atoms with Gasteiger partial charge in [0.2, 0.25) is 5.91 Å². The molecule has 1 amide bonds. The molecule has 0 aromatic heterocycles. The molecule has 0 aliphatic rings. The molecule has 0 spiro atoms. The number of amides is 1. The highest BCUT2D eigenvalue weighted by Gasteiger charge is 2.15. The lowest BCUT2D eigenvalue weighted by Gasteiger charge is -2.15. The van der Waals surface area contributed by atoms with Crippen LogP contribution in [0.4, 0.5) is 11.4 Å². The summed E-state index contributed by atoms with van der Waals surface area (Å²) in [5.41, 5.74) is 8.07. The monoisotopic (exact) mass is 310 g/mol. The Bertz CT molecular complexity index is 515. The van der Waals surface area contributed by atoms with Crippen LogP contribution in [0.3, 0.4) is 0 Å². The number of carbonyl (C=O) groups excluding carboxylic acids is 1. The van der Waals surface area contributed by atoms with Crippen molar-refractivity contribution in [2.24, 2.45) is 5.92 Å². The molecule has 1 aromatic rings. The third kappa shape index (κ3) is 5.87. The maximum atomic E-state index is 12.0. The molecule has 5 heteroatoms. The smallest absolute Gasteiger partial charge is 0.224 e. The fourth-order valence-corrected chi connectivity index (χ4v) is 3.26. The molecule has 1 aromatic carbocycles. The largest absolute Gasteiger partial charge is 0.399 e. The number of rotatable bonds is 7. The minimum absolute atomic E-state index is 0.0575. The molecule has 0 aliphatic carbocycles. The van der Waals surface area contributed by atoms with Gasteiger partial charge in [-0.1, -0.05) is 26.8 Å². The van der Waals surface area contributed by atoms with E-state index in [0.717, 1.165) is 11.3 Å². The van der Waals surface area contributed by atoms with E-state index in [2.05, 4.69) is 19.2 Å². The highest BCUT2D eigenvalue weighted by atomic mass is 32.2. The van der Waals surface area contributed by atoms with Crippen molar-refractivity contribution in [3.63, 3.8) is 0 Å². The predicted octanol–water partition coefficient (Wildman–Crippen LogP) is 3.09. The first kappa shape index (κ1) is 17.7.